The summed E-state index contributed by atoms with van der Waals surface area (Å²) >= 11 is 1.75. The Morgan fingerprint density at radius 2 is 2.47 bits per heavy atom. The lowest BCUT2D eigenvalue weighted by molar-refractivity contribution is -0.0192. The number of aromatic nitrogens is 1. The third kappa shape index (κ3) is 2.88. The fraction of sp³-hybridized carbons (Fsp3) is 0.500. The molecule has 1 aliphatic heterocycles. The van der Waals surface area contributed by atoms with Crippen LogP contribution in [0, 0.1) is 0 Å². The Labute approximate surface area is 117 Å². The molecule has 102 valence electrons. The zero-order valence-electron chi connectivity index (χ0n) is 11.1. The summed E-state index contributed by atoms with van der Waals surface area (Å²) in [6, 6.07) is 4.18. The van der Waals surface area contributed by atoms with Gasteiger partial charge in [-0.25, -0.2) is 4.98 Å². The van der Waals surface area contributed by atoms with Crippen LogP contribution in [0.5, 0.6) is 0 Å². The molecule has 0 aliphatic carbocycles. The molecule has 2 aromatic heterocycles. The van der Waals surface area contributed by atoms with Crippen LogP contribution in [0.25, 0.3) is 10.1 Å². The Bertz CT molecular complexity index is 542. The van der Waals surface area contributed by atoms with Gasteiger partial charge in [0.15, 0.2) is 0 Å². The van der Waals surface area contributed by atoms with Crippen molar-refractivity contribution in [2.75, 3.05) is 38.1 Å². The Balaban J connectivity index is 1.64. The van der Waals surface area contributed by atoms with E-state index in [2.05, 4.69) is 39.6 Å². The normalized spacial score (nSPS) is 20.8. The van der Waals surface area contributed by atoms with E-state index in [1.807, 2.05) is 6.20 Å². The van der Waals surface area contributed by atoms with Gasteiger partial charge in [0.1, 0.15) is 5.82 Å². The van der Waals surface area contributed by atoms with Gasteiger partial charge in [-0.15, -0.1) is 11.3 Å². The summed E-state index contributed by atoms with van der Waals surface area (Å²) in [6.45, 7) is 6.99. The number of likely N-dealkylation sites (N-methyl/N-ethyl adjacent to an activating group) is 1. The van der Waals surface area contributed by atoms with E-state index in [1.54, 1.807) is 11.3 Å². The van der Waals surface area contributed by atoms with E-state index < -0.39 is 0 Å². The van der Waals surface area contributed by atoms with Crippen LogP contribution in [0.15, 0.2) is 23.7 Å². The van der Waals surface area contributed by atoms with Crippen LogP contribution in [-0.4, -0.2) is 48.8 Å². The molecular formula is C14H19N3OS. The summed E-state index contributed by atoms with van der Waals surface area (Å²) in [7, 11) is 0. The summed E-state index contributed by atoms with van der Waals surface area (Å²) in [6.07, 6.45) is 2.12. The van der Waals surface area contributed by atoms with Gasteiger partial charge in [-0.2, -0.15) is 0 Å². The minimum atomic E-state index is 0.254. The first-order valence-electron chi connectivity index (χ1n) is 6.77. The zero-order chi connectivity index (χ0) is 13.1. The second kappa shape index (κ2) is 5.86. The van der Waals surface area contributed by atoms with Gasteiger partial charge in [0.05, 0.1) is 12.7 Å². The van der Waals surface area contributed by atoms with Gasteiger partial charge in [-0.1, -0.05) is 6.92 Å². The summed E-state index contributed by atoms with van der Waals surface area (Å²) in [4.78, 5) is 6.85. The fourth-order valence-corrected chi connectivity index (χ4v) is 3.22. The van der Waals surface area contributed by atoms with Gasteiger partial charge >= 0.3 is 0 Å². The maximum Gasteiger partial charge on any atom is 0.134 e. The standard InChI is InChI=1S/C14H19N3OS/c1-2-17-6-7-18-11(10-17)9-16-14-12-4-8-19-13(12)3-5-15-14/h3-5,8,11H,2,6-7,9-10H2,1H3,(H,15,16). The molecule has 0 aromatic carbocycles. The maximum absolute atomic E-state index is 5.80. The number of nitrogens with one attached hydrogen (secondary N) is 1. The second-order valence-corrected chi connectivity index (χ2v) is 5.71. The molecule has 0 bridgehead atoms. The molecule has 1 unspecified atom stereocenters. The predicted molar refractivity (Wildman–Crippen MR) is 80.0 cm³/mol. The highest BCUT2D eigenvalue weighted by Gasteiger charge is 2.19. The first-order valence-corrected chi connectivity index (χ1v) is 7.65. The van der Waals surface area contributed by atoms with Gasteiger partial charge in [0.25, 0.3) is 0 Å². The number of pyridine rings is 1. The second-order valence-electron chi connectivity index (χ2n) is 4.76. The van der Waals surface area contributed by atoms with Crippen LogP contribution in [0.4, 0.5) is 5.82 Å². The molecule has 3 rings (SSSR count). The first-order chi connectivity index (χ1) is 9.36. The van der Waals surface area contributed by atoms with E-state index in [0.717, 1.165) is 38.6 Å². The van der Waals surface area contributed by atoms with Gasteiger partial charge in [0, 0.05) is 35.9 Å². The number of rotatable bonds is 4. The van der Waals surface area contributed by atoms with Gasteiger partial charge in [-0.05, 0) is 24.1 Å². The van der Waals surface area contributed by atoms with E-state index in [-0.39, 0.29) is 6.10 Å². The molecule has 0 radical (unpaired) electrons. The smallest absolute Gasteiger partial charge is 0.134 e. The van der Waals surface area contributed by atoms with E-state index in [0.29, 0.717) is 0 Å². The molecule has 3 heterocycles. The summed E-state index contributed by atoms with van der Waals surface area (Å²) in [5, 5.41) is 6.74. The van der Waals surface area contributed by atoms with Crippen molar-refractivity contribution in [2.45, 2.75) is 13.0 Å². The lowest BCUT2D eigenvalue weighted by Crippen LogP contribution is -2.45. The minimum Gasteiger partial charge on any atom is -0.374 e. The van der Waals surface area contributed by atoms with E-state index in [1.165, 1.54) is 10.1 Å². The Morgan fingerprint density at radius 1 is 1.53 bits per heavy atom. The number of morpholine rings is 1. The summed E-state index contributed by atoms with van der Waals surface area (Å²) in [5.41, 5.74) is 0. The lowest BCUT2D eigenvalue weighted by atomic mass is 10.2. The molecular weight excluding hydrogens is 258 g/mol. The highest BCUT2D eigenvalue weighted by atomic mass is 32.1. The maximum atomic E-state index is 5.80. The number of ether oxygens (including phenoxy) is 1. The van der Waals surface area contributed by atoms with Crippen LogP contribution in [0.3, 0.4) is 0 Å². The molecule has 1 aliphatic rings. The molecule has 4 nitrogen and oxygen atoms in total. The number of thiophene rings is 1. The molecule has 0 amide bonds. The number of anilines is 1. The molecule has 1 fully saturated rings. The van der Waals surface area contributed by atoms with Gasteiger partial charge in [0.2, 0.25) is 0 Å². The van der Waals surface area contributed by atoms with Crippen molar-refractivity contribution in [3.8, 4) is 0 Å². The van der Waals surface area contributed by atoms with Gasteiger partial charge in [-0.3, -0.25) is 4.90 Å². The summed E-state index contributed by atoms with van der Waals surface area (Å²) < 4.78 is 7.07. The Kier molecular flexibility index (Phi) is 3.96. The van der Waals surface area contributed by atoms with Crippen molar-refractivity contribution < 1.29 is 4.74 Å². The van der Waals surface area contributed by atoms with Crippen LogP contribution >= 0.6 is 11.3 Å². The highest BCUT2D eigenvalue weighted by Crippen LogP contribution is 2.25. The third-order valence-electron chi connectivity index (χ3n) is 3.55. The van der Waals surface area contributed by atoms with E-state index in [9.17, 15) is 0 Å². The SMILES string of the molecule is CCN1CCOC(CNc2nccc3sccc23)C1. The van der Waals surface area contributed by atoms with Crippen LogP contribution in [0.2, 0.25) is 0 Å². The topological polar surface area (TPSA) is 37.4 Å². The highest BCUT2D eigenvalue weighted by molar-refractivity contribution is 7.17. The van der Waals surface area contributed by atoms with Crippen molar-refractivity contribution >= 4 is 27.2 Å². The predicted octanol–water partition coefficient (Wildman–Crippen LogP) is 2.43. The molecule has 1 N–H and O–H groups in total. The monoisotopic (exact) mass is 277 g/mol. The van der Waals surface area contributed by atoms with E-state index in [4.69, 9.17) is 4.74 Å². The van der Waals surface area contributed by atoms with Crippen molar-refractivity contribution in [3.63, 3.8) is 0 Å². The van der Waals surface area contributed by atoms with Crippen LogP contribution in [-0.2, 0) is 4.74 Å². The third-order valence-corrected chi connectivity index (χ3v) is 4.43. The molecule has 2 aromatic rings. The molecule has 19 heavy (non-hydrogen) atoms. The summed E-state index contributed by atoms with van der Waals surface area (Å²) in [5.74, 6) is 0.968. The lowest BCUT2D eigenvalue weighted by Gasteiger charge is -2.32. The van der Waals surface area contributed by atoms with E-state index >= 15 is 0 Å². The first kappa shape index (κ1) is 12.8. The number of fused-ring (bicyclic) bond motifs is 1. The average molecular weight is 277 g/mol. The number of hydrogen-bond acceptors (Lipinski definition) is 5. The van der Waals surface area contributed by atoms with Crippen molar-refractivity contribution in [1.29, 1.82) is 0 Å². The quantitative estimate of drug-likeness (QED) is 0.931. The average Bonchev–Trinajstić information content (AvgIpc) is 2.94. The number of hydrogen-bond donors (Lipinski definition) is 1. The van der Waals surface area contributed by atoms with Gasteiger partial charge < -0.3 is 10.1 Å². The van der Waals surface area contributed by atoms with Crippen molar-refractivity contribution in [2.24, 2.45) is 0 Å². The van der Waals surface area contributed by atoms with Crippen molar-refractivity contribution in [1.82, 2.24) is 9.88 Å². The Hall–Kier alpha value is -1.17. The van der Waals surface area contributed by atoms with Crippen molar-refractivity contribution in [3.05, 3.63) is 23.7 Å². The van der Waals surface area contributed by atoms with Crippen LogP contribution in [0.1, 0.15) is 6.92 Å². The minimum absolute atomic E-state index is 0.254. The molecule has 1 saturated heterocycles. The zero-order valence-corrected chi connectivity index (χ0v) is 11.9. The molecule has 0 spiro atoms. The fourth-order valence-electron chi connectivity index (χ4n) is 2.44. The number of nitrogens with zero attached hydrogens (tertiary/aromatic N) is 2. The van der Waals surface area contributed by atoms with Crippen LogP contribution < -0.4 is 5.32 Å². The molecule has 0 saturated carbocycles. The molecule has 1 atom stereocenters. The molecule has 5 heteroatoms. The largest absolute Gasteiger partial charge is 0.374 e. The Morgan fingerprint density at radius 3 is 3.37 bits per heavy atom.